The molecule has 1 saturated carbocycles. The summed E-state index contributed by atoms with van der Waals surface area (Å²) in [5.41, 5.74) is -0.113. The van der Waals surface area contributed by atoms with E-state index in [0.717, 1.165) is 24.5 Å². The molecule has 1 N–H and O–H groups in total. The molecular formula is C14H22ClN3O. The molecule has 0 aromatic carbocycles. The Labute approximate surface area is 119 Å². The molecule has 2 atom stereocenters. The van der Waals surface area contributed by atoms with E-state index in [2.05, 4.69) is 36.1 Å². The molecule has 1 fully saturated rings. The molecule has 0 aliphatic heterocycles. The topological polar surface area (TPSA) is 47.0 Å². The van der Waals surface area contributed by atoms with Crippen LogP contribution in [0.25, 0.3) is 0 Å². The molecule has 1 aromatic rings. The summed E-state index contributed by atoms with van der Waals surface area (Å²) in [6.07, 6.45) is 3.64. The standard InChI is InChI=1S/C14H22ClN3O/c1-14(2,3)13-17-11(15)8-12(18-13)16-9-6-5-7-10(9)19-4/h8-10H,5-7H2,1-4H3,(H,16,17,18). The number of nitrogens with one attached hydrogen (secondary N) is 1. The van der Waals surface area contributed by atoms with Gasteiger partial charge in [-0.3, -0.25) is 0 Å². The molecule has 1 aliphatic carbocycles. The molecule has 106 valence electrons. The van der Waals surface area contributed by atoms with Crippen LogP contribution in [0.1, 0.15) is 45.9 Å². The van der Waals surface area contributed by atoms with Crippen LogP contribution in [0.5, 0.6) is 0 Å². The smallest absolute Gasteiger partial charge is 0.137 e. The van der Waals surface area contributed by atoms with Gasteiger partial charge in [0, 0.05) is 18.6 Å². The molecule has 2 unspecified atom stereocenters. The maximum atomic E-state index is 6.09. The second-order valence-corrected chi connectivity index (χ2v) is 6.49. The zero-order valence-electron chi connectivity index (χ0n) is 12.0. The van der Waals surface area contributed by atoms with Crippen molar-refractivity contribution >= 4 is 17.4 Å². The Morgan fingerprint density at radius 3 is 2.68 bits per heavy atom. The van der Waals surface area contributed by atoms with E-state index < -0.39 is 0 Å². The molecule has 1 heterocycles. The zero-order chi connectivity index (χ0) is 14.0. The molecule has 1 aliphatic rings. The average molecular weight is 284 g/mol. The van der Waals surface area contributed by atoms with Gasteiger partial charge in [-0.25, -0.2) is 9.97 Å². The summed E-state index contributed by atoms with van der Waals surface area (Å²) in [6.45, 7) is 6.24. The van der Waals surface area contributed by atoms with Crippen molar-refractivity contribution in [2.24, 2.45) is 0 Å². The van der Waals surface area contributed by atoms with E-state index in [9.17, 15) is 0 Å². The maximum absolute atomic E-state index is 6.09. The van der Waals surface area contributed by atoms with Crippen LogP contribution in [0.15, 0.2) is 6.07 Å². The van der Waals surface area contributed by atoms with E-state index in [1.165, 1.54) is 6.42 Å². The molecular weight excluding hydrogens is 262 g/mol. The normalized spacial score (nSPS) is 23.6. The predicted molar refractivity (Wildman–Crippen MR) is 77.8 cm³/mol. The van der Waals surface area contributed by atoms with Gasteiger partial charge in [0.2, 0.25) is 0 Å². The number of hydrogen-bond donors (Lipinski definition) is 1. The highest BCUT2D eigenvalue weighted by Crippen LogP contribution is 2.27. The Balaban J connectivity index is 2.18. The second-order valence-electron chi connectivity index (χ2n) is 6.11. The van der Waals surface area contributed by atoms with E-state index in [-0.39, 0.29) is 11.5 Å². The van der Waals surface area contributed by atoms with Gasteiger partial charge in [0.15, 0.2) is 0 Å². The van der Waals surface area contributed by atoms with Gasteiger partial charge in [0.25, 0.3) is 0 Å². The van der Waals surface area contributed by atoms with Crippen LogP contribution in [-0.2, 0) is 10.2 Å². The Bertz CT molecular complexity index is 445. The number of aromatic nitrogens is 2. The van der Waals surface area contributed by atoms with Crippen LogP contribution in [0.2, 0.25) is 5.15 Å². The fraction of sp³-hybridized carbons (Fsp3) is 0.714. The van der Waals surface area contributed by atoms with Gasteiger partial charge in [-0.05, 0) is 19.3 Å². The predicted octanol–water partition coefficient (Wildman–Crippen LogP) is 3.41. The highest BCUT2D eigenvalue weighted by atomic mass is 35.5. The van der Waals surface area contributed by atoms with Gasteiger partial charge < -0.3 is 10.1 Å². The Hall–Kier alpha value is -0.870. The minimum atomic E-state index is -0.113. The van der Waals surface area contributed by atoms with Crippen LogP contribution < -0.4 is 5.32 Å². The number of nitrogens with zero attached hydrogens (tertiary/aromatic N) is 2. The third-order valence-corrected chi connectivity index (χ3v) is 3.65. The molecule has 4 nitrogen and oxygen atoms in total. The quantitative estimate of drug-likeness (QED) is 0.864. The molecule has 0 amide bonds. The first kappa shape index (κ1) is 14.5. The van der Waals surface area contributed by atoms with Crippen molar-refractivity contribution in [1.29, 1.82) is 0 Å². The second kappa shape index (κ2) is 5.63. The fourth-order valence-corrected chi connectivity index (χ4v) is 2.57. The molecule has 0 bridgehead atoms. The van der Waals surface area contributed by atoms with Crippen molar-refractivity contribution in [2.45, 2.75) is 57.6 Å². The number of hydrogen-bond acceptors (Lipinski definition) is 4. The lowest BCUT2D eigenvalue weighted by molar-refractivity contribution is 0.101. The summed E-state index contributed by atoms with van der Waals surface area (Å²) in [4.78, 5) is 8.88. The molecule has 19 heavy (non-hydrogen) atoms. The summed E-state index contributed by atoms with van der Waals surface area (Å²) in [5, 5.41) is 3.92. The van der Waals surface area contributed by atoms with Gasteiger partial charge in [-0.2, -0.15) is 0 Å². The lowest BCUT2D eigenvalue weighted by Gasteiger charge is -2.22. The third-order valence-electron chi connectivity index (χ3n) is 3.45. The van der Waals surface area contributed by atoms with Crippen LogP contribution in [0.3, 0.4) is 0 Å². The molecule has 0 saturated heterocycles. The Morgan fingerprint density at radius 2 is 2.05 bits per heavy atom. The first-order chi connectivity index (χ1) is 8.90. The number of ether oxygens (including phenoxy) is 1. The number of halogens is 1. The summed E-state index contributed by atoms with van der Waals surface area (Å²) < 4.78 is 5.48. The molecule has 0 radical (unpaired) electrons. The highest BCUT2D eigenvalue weighted by Gasteiger charge is 2.28. The van der Waals surface area contributed by atoms with Crippen molar-refractivity contribution in [3.8, 4) is 0 Å². The SMILES string of the molecule is COC1CCCC1Nc1cc(Cl)nc(C(C)(C)C)n1. The van der Waals surface area contributed by atoms with Crippen LogP contribution in [-0.4, -0.2) is 29.2 Å². The van der Waals surface area contributed by atoms with Gasteiger partial charge >= 0.3 is 0 Å². The first-order valence-electron chi connectivity index (χ1n) is 6.74. The summed E-state index contributed by atoms with van der Waals surface area (Å²) >= 11 is 6.09. The van der Waals surface area contributed by atoms with Gasteiger partial charge in [0.1, 0.15) is 16.8 Å². The van der Waals surface area contributed by atoms with E-state index in [0.29, 0.717) is 11.2 Å². The molecule has 0 spiro atoms. The summed E-state index contributed by atoms with van der Waals surface area (Å²) in [6, 6.07) is 2.09. The van der Waals surface area contributed by atoms with Gasteiger partial charge in [0.05, 0.1) is 12.1 Å². The monoisotopic (exact) mass is 283 g/mol. The molecule has 5 heteroatoms. The number of anilines is 1. The summed E-state index contributed by atoms with van der Waals surface area (Å²) in [5.74, 6) is 1.55. The van der Waals surface area contributed by atoms with Crippen molar-refractivity contribution in [2.75, 3.05) is 12.4 Å². The lowest BCUT2D eigenvalue weighted by atomic mass is 9.96. The highest BCUT2D eigenvalue weighted by molar-refractivity contribution is 6.29. The lowest BCUT2D eigenvalue weighted by Crippen LogP contribution is -2.30. The van der Waals surface area contributed by atoms with Crippen LogP contribution in [0, 0.1) is 0 Å². The van der Waals surface area contributed by atoms with Crippen LogP contribution in [0.4, 0.5) is 5.82 Å². The minimum absolute atomic E-state index is 0.113. The van der Waals surface area contributed by atoms with Gasteiger partial charge in [-0.15, -0.1) is 0 Å². The molecule has 2 rings (SSSR count). The maximum Gasteiger partial charge on any atom is 0.137 e. The first-order valence-corrected chi connectivity index (χ1v) is 7.12. The average Bonchev–Trinajstić information content (AvgIpc) is 2.74. The van der Waals surface area contributed by atoms with E-state index >= 15 is 0 Å². The third kappa shape index (κ3) is 3.57. The van der Waals surface area contributed by atoms with Crippen molar-refractivity contribution in [3.05, 3.63) is 17.0 Å². The van der Waals surface area contributed by atoms with Gasteiger partial charge in [-0.1, -0.05) is 32.4 Å². The number of rotatable bonds is 3. The van der Waals surface area contributed by atoms with Crippen LogP contribution >= 0.6 is 11.6 Å². The van der Waals surface area contributed by atoms with Crippen molar-refractivity contribution in [1.82, 2.24) is 9.97 Å². The van der Waals surface area contributed by atoms with E-state index in [1.807, 2.05) is 0 Å². The zero-order valence-corrected chi connectivity index (χ0v) is 12.8. The van der Waals surface area contributed by atoms with E-state index in [4.69, 9.17) is 16.3 Å². The largest absolute Gasteiger partial charge is 0.379 e. The molecule has 1 aromatic heterocycles. The Morgan fingerprint density at radius 1 is 1.32 bits per heavy atom. The van der Waals surface area contributed by atoms with E-state index in [1.54, 1.807) is 13.2 Å². The van der Waals surface area contributed by atoms with Crippen molar-refractivity contribution < 1.29 is 4.74 Å². The van der Waals surface area contributed by atoms with Crippen molar-refractivity contribution in [3.63, 3.8) is 0 Å². The minimum Gasteiger partial charge on any atom is -0.379 e. The Kier molecular flexibility index (Phi) is 4.31. The fourth-order valence-electron chi connectivity index (χ4n) is 2.39. The number of methoxy groups -OCH3 is 1. The summed E-state index contributed by atoms with van der Waals surface area (Å²) in [7, 11) is 1.76.